The van der Waals surface area contributed by atoms with E-state index in [1.807, 2.05) is 72.8 Å². The van der Waals surface area contributed by atoms with E-state index in [9.17, 15) is 0 Å². The van der Waals surface area contributed by atoms with Crippen molar-refractivity contribution in [3.63, 3.8) is 0 Å². The highest BCUT2D eigenvalue weighted by Crippen LogP contribution is 2.35. The number of hydrogen-bond donors (Lipinski definition) is 0. The van der Waals surface area contributed by atoms with Crippen LogP contribution in [-0.4, -0.2) is 4.98 Å². The highest BCUT2D eigenvalue weighted by Gasteiger charge is 2.17. The molecule has 24 heavy (non-hydrogen) atoms. The fraction of sp³-hybridized carbons (Fsp3) is 0. The van der Waals surface area contributed by atoms with Crippen LogP contribution in [0, 0.1) is 0 Å². The van der Waals surface area contributed by atoms with Crippen LogP contribution in [0.2, 0.25) is 0 Å². The van der Waals surface area contributed by atoms with E-state index in [1.165, 1.54) is 0 Å². The molecule has 1 aromatic heterocycles. The number of rotatable bonds is 3. The molecule has 3 heteroatoms. The Balaban J connectivity index is 1.89. The smallest absolute Gasteiger partial charge is 0.227 e. The minimum atomic E-state index is 0.625. The summed E-state index contributed by atoms with van der Waals surface area (Å²) in [5.41, 5.74) is 3.88. The topological polar surface area (TPSA) is 26.0 Å². The molecule has 0 aliphatic rings. The van der Waals surface area contributed by atoms with E-state index < -0.39 is 0 Å². The lowest BCUT2D eigenvalue weighted by Gasteiger charge is -2.00. The maximum atomic E-state index is 6.15. The standard InChI is InChI=1S/C21H14BrNO/c22-18-13-11-17(12-14-18)21-23-19(15-7-3-1-4-8-15)20(24-21)16-9-5-2-6-10-16/h1-14H. The number of hydrogen-bond acceptors (Lipinski definition) is 2. The van der Waals surface area contributed by atoms with Crippen molar-refractivity contribution in [2.24, 2.45) is 0 Å². The SMILES string of the molecule is Brc1ccc(-c2nc(-c3ccccc3)c(-c3ccccc3)o2)cc1. The highest BCUT2D eigenvalue weighted by atomic mass is 79.9. The Hall–Kier alpha value is -2.65. The molecule has 0 fully saturated rings. The van der Waals surface area contributed by atoms with Crippen molar-refractivity contribution in [1.82, 2.24) is 4.98 Å². The quantitative estimate of drug-likeness (QED) is 0.411. The average molecular weight is 376 g/mol. The van der Waals surface area contributed by atoms with Crippen molar-refractivity contribution in [2.45, 2.75) is 0 Å². The van der Waals surface area contributed by atoms with Gasteiger partial charge in [-0.25, -0.2) is 4.98 Å². The van der Waals surface area contributed by atoms with E-state index >= 15 is 0 Å². The highest BCUT2D eigenvalue weighted by molar-refractivity contribution is 9.10. The lowest BCUT2D eigenvalue weighted by atomic mass is 10.1. The Labute approximate surface area is 148 Å². The van der Waals surface area contributed by atoms with Gasteiger partial charge in [-0.15, -0.1) is 0 Å². The van der Waals surface area contributed by atoms with Crippen LogP contribution in [0.1, 0.15) is 0 Å². The summed E-state index contributed by atoms with van der Waals surface area (Å²) in [7, 11) is 0. The molecule has 2 nitrogen and oxygen atoms in total. The molecule has 0 unspecified atom stereocenters. The van der Waals surface area contributed by atoms with Crippen LogP contribution in [0.3, 0.4) is 0 Å². The minimum Gasteiger partial charge on any atom is -0.435 e. The van der Waals surface area contributed by atoms with Crippen LogP contribution in [0.25, 0.3) is 34.0 Å². The van der Waals surface area contributed by atoms with Gasteiger partial charge < -0.3 is 4.42 Å². The van der Waals surface area contributed by atoms with Crippen LogP contribution < -0.4 is 0 Å². The first-order chi connectivity index (χ1) is 11.8. The normalized spacial score (nSPS) is 10.7. The van der Waals surface area contributed by atoms with Crippen molar-refractivity contribution in [3.05, 3.63) is 89.4 Å². The van der Waals surface area contributed by atoms with Crippen molar-refractivity contribution in [2.75, 3.05) is 0 Å². The Morgan fingerprint density at radius 2 is 1.21 bits per heavy atom. The van der Waals surface area contributed by atoms with Crippen LogP contribution in [0.15, 0.2) is 93.8 Å². The average Bonchev–Trinajstić information content (AvgIpc) is 3.09. The van der Waals surface area contributed by atoms with Crippen LogP contribution >= 0.6 is 15.9 Å². The summed E-state index contributed by atoms with van der Waals surface area (Å²) in [4.78, 5) is 4.77. The van der Waals surface area contributed by atoms with Gasteiger partial charge in [0.25, 0.3) is 0 Å². The maximum Gasteiger partial charge on any atom is 0.227 e. The molecule has 0 spiro atoms. The molecular formula is C21H14BrNO. The van der Waals surface area contributed by atoms with Gasteiger partial charge in [0, 0.05) is 21.2 Å². The van der Waals surface area contributed by atoms with Crippen molar-refractivity contribution >= 4 is 15.9 Å². The third-order valence-electron chi connectivity index (χ3n) is 3.80. The van der Waals surface area contributed by atoms with Gasteiger partial charge in [-0.3, -0.25) is 0 Å². The number of aromatic nitrogens is 1. The Morgan fingerprint density at radius 1 is 0.625 bits per heavy atom. The number of oxazole rings is 1. The monoisotopic (exact) mass is 375 g/mol. The molecule has 0 aliphatic heterocycles. The fourth-order valence-electron chi connectivity index (χ4n) is 2.61. The molecule has 1 heterocycles. The molecule has 0 radical (unpaired) electrons. The molecule has 4 aromatic rings. The number of benzene rings is 3. The summed E-state index contributed by atoms with van der Waals surface area (Å²) in [6.45, 7) is 0. The second-order valence-electron chi connectivity index (χ2n) is 5.44. The zero-order valence-corrected chi connectivity index (χ0v) is 14.4. The molecule has 3 aromatic carbocycles. The molecule has 0 aliphatic carbocycles. The lowest BCUT2D eigenvalue weighted by molar-refractivity contribution is 0.589. The van der Waals surface area contributed by atoms with Crippen LogP contribution in [0.5, 0.6) is 0 Å². The molecule has 0 N–H and O–H groups in total. The molecule has 116 valence electrons. The summed E-state index contributed by atoms with van der Waals surface area (Å²) < 4.78 is 7.19. The van der Waals surface area contributed by atoms with E-state index in [0.29, 0.717) is 5.89 Å². The van der Waals surface area contributed by atoms with E-state index in [1.54, 1.807) is 0 Å². The first-order valence-electron chi connectivity index (χ1n) is 7.69. The first-order valence-corrected chi connectivity index (χ1v) is 8.48. The molecular weight excluding hydrogens is 362 g/mol. The summed E-state index contributed by atoms with van der Waals surface area (Å²) in [5, 5.41) is 0. The van der Waals surface area contributed by atoms with Gasteiger partial charge in [0.05, 0.1) is 0 Å². The molecule has 0 atom stereocenters. The summed E-state index contributed by atoms with van der Waals surface area (Å²) in [6, 6.07) is 28.2. The predicted octanol–water partition coefficient (Wildman–Crippen LogP) is 6.44. The van der Waals surface area contributed by atoms with Crippen molar-refractivity contribution < 1.29 is 4.42 Å². The van der Waals surface area contributed by atoms with Gasteiger partial charge in [-0.05, 0) is 24.3 Å². The summed E-state index contributed by atoms with van der Waals surface area (Å²) in [5.74, 6) is 1.42. The van der Waals surface area contributed by atoms with E-state index in [2.05, 4.69) is 28.1 Å². The van der Waals surface area contributed by atoms with Crippen LogP contribution in [-0.2, 0) is 0 Å². The Kier molecular flexibility index (Phi) is 4.01. The third kappa shape index (κ3) is 2.91. The van der Waals surface area contributed by atoms with E-state index in [-0.39, 0.29) is 0 Å². The Bertz CT molecular complexity index is 887. The zero-order valence-electron chi connectivity index (χ0n) is 12.8. The zero-order chi connectivity index (χ0) is 16.4. The molecule has 4 rings (SSSR count). The van der Waals surface area contributed by atoms with Gasteiger partial charge in [0.15, 0.2) is 5.76 Å². The lowest BCUT2D eigenvalue weighted by Crippen LogP contribution is -1.82. The van der Waals surface area contributed by atoms with Gasteiger partial charge in [0.1, 0.15) is 5.69 Å². The van der Waals surface area contributed by atoms with Crippen LogP contribution in [0.4, 0.5) is 0 Å². The summed E-state index contributed by atoms with van der Waals surface area (Å²) >= 11 is 3.46. The van der Waals surface area contributed by atoms with E-state index in [0.717, 1.165) is 32.6 Å². The molecule has 0 bridgehead atoms. The van der Waals surface area contributed by atoms with Crippen molar-refractivity contribution in [1.29, 1.82) is 0 Å². The fourth-order valence-corrected chi connectivity index (χ4v) is 2.88. The van der Waals surface area contributed by atoms with Gasteiger partial charge in [0.2, 0.25) is 5.89 Å². The predicted molar refractivity (Wildman–Crippen MR) is 101 cm³/mol. The van der Waals surface area contributed by atoms with Crippen molar-refractivity contribution in [3.8, 4) is 34.0 Å². The van der Waals surface area contributed by atoms with Gasteiger partial charge >= 0.3 is 0 Å². The minimum absolute atomic E-state index is 0.625. The third-order valence-corrected chi connectivity index (χ3v) is 4.33. The van der Waals surface area contributed by atoms with Gasteiger partial charge in [-0.1, -0.05) is 76.6 Å². The first kappa shape index (κ1) is 14.9. The number of halogens is 1. The largest absolute Gasteiger partial charge is 0.435 e. The number of nitrogens with zero attached hydrogens (tertiary/aromatic N) is 1. The second-order valence-corrected chi connectivity index (χ2v) is 6.35. The van der Waals surface area contributed by atoms with E-state index in [4.69, 9.17) is 9.40 Å². The summed E-state index contributed by atoms with van der Waals surface area (Å²) in [6.07, 6.45) is 0. The molecule has 0 amide bonds. The second kappa shape index (κ2) is 6.46. The van der Waals surface area contributed by atoms with Gasteiger partial charge in [-0.2, -0.15) is 0 Å². The molecule has 0 saturated heterocycles. The molecule has 0 saturated carbocycles. The Morgan fingerprint density at radius 3 is 1.83 bits per heavy atom. The maximum absolute atomic E-state index is 6.15.